The lowest BCUT2D eigenvalue weighted by molar-refractivity contribution is -0.384. The Morgan fingerprint density at radius 1 is 1.48 bits per heavy atom. The first kappa shape index (κ1) is 18.8. The van der Waals surface area contributed by atoms with Crippen LogP contribution in [0.1, 0.15) is 31.9 Å². The molecular weight excluding hydrogens is 374 g/mol. The first-order valence-electron chi connectivity index (χ1n) is 8.45. The number of esters is 1. The van der Waals surface area contributed by atoms with Crippen molar-refractivity contribution >= 4 is 29.2 Å². The minimum atomic E-state index is -0.793. The number of nitrogens with zero attached hydrogens (tertiary/aromatic N) is 4. The van der Waals surface area contributed by atoms with Gasteiger partial charge in [-0.1, -0.05) is 24.6 Å². The van der Waals surface area contributed by atoms with Crippen molar-refractivity contribution < 1.29 is 14.5 Å². The molecule has 0 bridgehead atoms. The molecule has 1 aromatic heterocycles. The van der Waals surface area contributed by atoms with Crippen LogP contribution in [-0.4, -0.2) is 32.3 Å². The van der Waals surface area contributed by atoms with Crippen molar-refractivity contribution in [3.63, 3.8) is 0 Å². The zero-order valence-corrected chi connectivity index (χ0v) is 15.5. The van der Waals surface area contributed by atoms with Crippen molar-refractivity contribution in [2.45, 2.75) is 26.3 Å². The topological polar surface area (TPSA) is 112 Å². The summed E-state index contributed by atoms with van der Waals surface area (Å²) in [6.45, 7) is 3.85. The number of nitrogens with one attached hydrogen (secondary N) is 1. The molecule has 0 fully saturated rings. The van der Waals surface area contributed by atoms with Gasteiger partial charge >= 0.3 is 5.97 Å². The summed E-state index contributed by atoms with van der Waals surface area (Å²) in [5.74, 6) is -0.847. The summed E-state index contributed by atoms with van der Waals surface area (Å²) >= 11 is 6.36. The first-order valence-corrected chi connectivity index (χ1v) is 8.82. The molecule has 0 radical (unpaired) electrons. The number of fused-ring (bicyclic) bond motifs is 1. The fourth-order valence-electron chi connectivity index (χ4n) is 3.13. The number of rotatable bonds is 5. The highest BCUT2D eigenvalue weighted by Gasteiger charge is 2.42. The summed E-state index contributed by atoms with van der Waals surface area (Å²) in [7, 11) is 0. The molecule has 0 aliphatic carbocycles. The Bertz CT molecular complexity index is 910. The number of hydrogen-bond acceptors (Lipinski definition) is 7. The lowest BCUT2D eigenvalue weighted by Gasteiger charge is -2.34. The van der Waals surface area contributed by atoms with Gasteiger partial charge in [0, 0.05) is 28.4 Å². The molecule has 0 unspecified atom stereocenters. The number of aromatic nitrogens is 3. The largest absolute Gasteiger partial charge is 0.465 e. The highest BCUT2D eigenvalue weighted by molar-refractivity contribution is 6.31. The van der Waals surface area contributed by atoms with Gasteiger partial charge in [-0.05, 0) is 19.4 Å². The van der Waals surface area contributed by atoms with Gasteiger partial charge in [-0.3, -0.25) is 14.9 Å². The molecular formula is C17H18ClN5O4. The molecule has 0 saturated heterocycles. The number of benzene rings is 1. The molecule has 142 valence electrons. The number of nitro groups is 1. The highest BCUT2D eigenvalue weighted by Crippen LogP contribution is 2.42. The molecule has 1 aliphatic rings. The fraction of sp³-hybridized carbons (Fsp3) is 0.353. The van der Waals surface area contributed by atoms with E-state index >= 15 is 0 Å². The number of halogens is 1. The SMILES string of the molecule is CC/C=C1\Nc2ncnn2[C@@H](c2cc([N+](=O)[O-])ccc2Cl)[C@@H]1C(=O)OCC. The number of ether oxygens (including phenoxy) is 1. The average molecular weight is 392 g/mol. The van der Waals surface area contributed by atoms with Gasteiger partial charge in [0.25, 0.3) is 5.69 Å². The van der Waals surface area contributed by atoms with E-state index < -0.39 is 22.9 Å². The Morgan fingerprint density at radius 2 is 2.26 bits per heavy atom. The summed E-state index contributed by atoms with van der Waals surface area (Å²) in [6.07, 6.45) is 3.87. The van der Waals surface area contributed by atoms with Crippen LogP contribution in [0.25, 0.3) is 0 Å². The summed E-state index contributed by atoms with van der Waals surface area (Å²) in [6, 6.07) is 3.39. The van der Waals surface area contributed by atoms with Gasteiger partial charge in [0.05, 0.1) is 11.5 Å². The van der Waals surface area contributed by atoms with Crippen molar-refractivity contribution in [1.82, 2.24) is 14.8 Å². The monoisotopic (exact) mass is 391 g/mol. The summed E-state index contributed by atoms with van der Waals surface area (Å²) in [4.78, 5) is 27.7. The van der Waals surface area contributed by atoms with E-state index in [2.05, 4.69) is 15.4 Å². The molecule has 0 saturated carbocycles. The van der Waals surface area contributed by atoms with Crippen molar-refractivity contribution in [3.05, 3.63) is 57.0 Å². The number of anilines is 1. The maximum absolute atomic E-state index is 12.8. The third-order valence-electron chi connectivity index (χ3n) is 4.22. The van der Waals surface area contributed by atoms with Crippen LogP contribution in [0.4, 0.5) is 11.6 Å². The first-order chi connectivity index (χ1) is 13.0. The second kappa shape index (κ2) is 7.75. The number of carbonyl (C=O) groups excluding carboxylic acids is 1. The number of allylic oxidation sites excluding steroid dienone is 1. The Morgan fingerprint density at radius 3 is 2.93 bits per heavy atom. The van der Waals surface area contributed by atoms with Gasteiger partial charge in [-0.25, -0.2) is 4.68 Å². The third kappa shape index (κ3) is 3.50. The van der Waals surface area contributed by atoms with Gasteiger partial charge < -0.3 is 10.1 Å². The van der Waals surface area contributed by atoms with E-state index in [0.717, 1.165) is 0 Å². The Hall–Kier alpha value is -2.94. The molecule has 1 aliphatic heterocycles. The fourth-order valence-corrected chi connectivity index (χ4v) is 3.36. The molecule has 10 heteroatoms. The highest BCUT2D eigenvalue weighted by atomic mass is 35.5. The van der Waals surface area contributed by atoms with Gasteiger partial charge in [0.15, 0.2) is 0 Å². The molecule has 9 nitrogen and oxygen atoms in total. The maximum Gasteiger partial charge on any atom is 0.317 e. The van der Waals surface area contributed by atoms with Crippen LogP contribution in [0.5, 0.6) is 0 Å². The van der Waals surface area contributed by atoms with E-state index in [0.29, 0.717) is 28.7 Å². The van der Waals surface area contributed by atoms with Gasteiger partial charge in [0.1, 0.15) is 18.3 Å². The number of carbonyl (C=O) groups is 1. The molecule has 1 aromatic carbocycles. The van der Waals surface area contributed by atoms with E-state index in [1.54, 1.807) is 6.92 Å². The standard InChI is InChI=1S/C17H18ClN5O4/c1-3-5-13-14(16(24)27-4-2)15(22-17(21-13)19-9-20-22)11-8-10(23(25)26)6-7-12(11)18/h5-9,14-15H,3-4H2,1-2H3,(H,19,20,21)/b13-5-/t14-,15+/m1/s1. The lowest BCUT2D eigenvalue weighted by Crippen LogP contribution is -2.38. The second-order valence-electron chi connectivity index (χ2n) is 5.86. The Labute approximate surface area is 160 Å². The Balaban J connectivity index is 2.22. The zero-order valence-electron chi connectivity index (χ0n) is 14.8. The van der Waals surface area contributed by atoms with E-state index in [1.807, 2.05) is 13.0 Å². The van der Waals surface area contributed by atoms with Crippen LogP contribution in [0.3, 0.4) is 0 Å². The lowest BCUT2D eigenvalue weighted by atomic mass is 9.88. The van der Waals surface area contributed by atoms with Crippen LogP contribution in [0, 0.1) is 16.0 Å². The van der Waals surface area contributed by atoms with Gasteiger partial charge in [0.2, 0.25) is 5.95 Å². The predicted molar refractivity (Wildman–Crippen MR) is 98.4 cm³/mol. The van der Waals surface area contributed by atoms with E-state index in [4.69, 9.17) is 16.3 Å². The quantitative estimate of drug-likeness (QED) is 0.472. The minimum absolute atomic E-state index is 0.127. The van der Waals surface area contributed by atoms with Crippen molar-refractivity contribution in [1.29, 1.82) is 0 Å². The molecule has 2 aromatic rings. The summed E-state index contributed by atoms with van der Waals surface area (Å²) < 4.78 is 6.76. The number of non-ortho nitro benzene ring substituents is 1. The van der Waals surface area contributed by atoms with Crippen LogP contribution in [0.15, 0.2) is 36.3 Å². The van der Waals surface area contributed by atoms with Gasteiger partial charge in [-0.2, -0.15) is 10.1 Å². The van der Waals surface area contributed by atoms with Crippen molar-refractivity contribution in [2.75, 3.05) is 11.9 Å². The zero-order chi connectivity index (χ0) is 19.6. The predicted octanol–water partition coefficient (Wildman–Crippen LogP) is 3.33. The molecule has 3 rings (SSSR count). The van der Waals surface area contributed by atoms with Gasteiger partial charge in [-0.15, -0.1) is 0 Å². The smallest absolute Gasteiger partial charge is 0.317 e. The van der Waals surface area contributed by atoms with E-state index in [9.17, 15) is 14.9 Å². The van der Waals surface area contributed by atoms with Crippen LogP contribution in [-0.2, 0) is 9.53 Å². The molecule has 0 amide bonds. The van der Waals surface area contributed by atoms with Crippen molar-refractivity contribution in [2.24, 2.45) is 5.92 Å². The third-order valence-corrected chi connectivity index (χ3v) is 4.56. The normalized spacial score (nSPS) is 20.0. The molecule has 27 heavy (non-hydrogen) atoms. The summed E-state index contributed by atoms with van der Waals surface area (Å²) in [5.41, 5.74) is 0.876. The van der Waals surface area contributed by atoms with Crippen LogP contribution >= 0.6 is 11.6 Å². The van der Waals surface area contributed by atoms with Crippen molar-refractivity contribution in [3.8, 4) is 0 Å². The second-order valence-corrected chi connectivity index (χ2v) is 6.27. The number of hydrogen-bond donors (Lipinski definition) is 1. The van der Waals surface area contributed by atoms with E-state index in [-0.39, 0.29) is 12.3 Å². The molecule has 2 atom stereocenters. The van der Waals surface area contributed by atoms with Crippen LogP contribution < -0.4 is 5.32 Å². The van der Waals surface area contributed by atoms with Crippen LogP contribution in [0.2, 0.25) is 5.02 Å². The minimum Gasteiger partial charge on any atom is -0.465 e. The summed E-state index contributed by atoms with van der Waals surface area (Å²) in [5, 5.41) is 18.8. The maximum atomic E-state index is 12.8. The number of nitro benzene ring substituents is 1. The molecule has 2 heterocycles. The average Bonchev–Trinajstić information content (AvgIpc) is 3.09. The van der Waals surface area contributed by atoms with E-state index in [1.165, 1.54) is 29.2 Å². The Kier molecular flexibility index (Phi) is 5.41. The molecule has 1 N–H and O–H groups in total. The molecule has 0 spiro atoms.